The van der Waals surface area contributed by atoms with Crippen molar-refractivity contribution in [1.82, 2.24) is 4.72 Å². The Kier molecular flexibility index (Phi) is 4.65. The third kappa shape index (κ3) is 3.59. The van der Waals surface area contributed by atoms with Crippen molar-refractivity contribution in [1.29, 1.82) is 0 Å². The largest absolute Gasteiger partial charge is 0.329 e. The summed E-state index contributed by atoms with van der Waals surface area (Å²) in [4.78, 5) is -0.284. The van der Waals surface area contributed by atoms with E-state index in [4.69, 9.17) is 5.73 Å². The molecule has 0 aromatic heterocycles. The van der Waals surface area contributed by atoms with Crippen LogP contribution in [-0.4, -0.2) is 20.5 Å². The number of nitrogens with two attached hydrogens (primary N) is 1. The summed E-state index contributed by atoms with van der Waals surface area (Å²) in [5.74, 6) is -1.72. The molecule has 0 saturated heterocycles. The van der Waals surface area contributed by atoms with Crippen molar-refractivity contribution in [3.05, 3.63) is 29.8 Å². The first-order valence-electron chi connectivity index (χ1n) is 6.97. The van der Waals surface area contributed by atoms with E-state index in [1.165, 1.54) is 0 Å². The van der Waals surface area contributed by atoms with Crippen LogP contribution >= 0.6 is 0 Å². The molecule has 0 unspecified atom stereocenters. The quantitative estimate of drug-likeness (QED) is 0.893. The standard InChI is InChI=1S/C14H20F2N2O2S/c1-10-4-6-14(9-17,7-5-10)18-21(19,20)11-2-3-12(15)13(16)8-11/h2-3,8,10,18H,4-7,9,17H2,1H3. The average molecular weight is 318 g/mol. The van der Waals surface area contributed by atoms with Gasteiger partial charge in [-0.25, -0.2) is 21.9 Å². The van der Waals surface area contributed by atoms with Crippen molar-refractivity contribution < 1.29 is 17.2 Å². The van der Waals surface area contributed by atoms with Crippen molar-refractivity contribution in [2.24, 2.45) is 11.7 Å². The first kappa shape index (κ1) is 16.3. The summed E-state index contributed by atoms with van der Waals surface area (Å²) < 4.78 is 53.5. The molecule has 0 bridgehead atoms. The zero-order chi connectivity index (χ0) is 15.7. The average Bonchev–Trinajstić information content (AvgIpc) is 2.44. The number of hydrogen-bond acceptors (Lipinski definition) is 3. The predicted octanol–water partition coefficient (Wildman–Crippen LogP) is 2.15. The van der Waals surface area contributed by atoms with Crippen molar-refractivity contribution >= 4 is 10.0 Å². The molecule has 0 heterocycles. The van der Waals surface area contributed by atoms with Gasteiger partial charge in [-0.05, 0) is 49.8 Å². The Bertz CT molecular complexity index is 611. The molecule has 21 heavy (non-hydrogen) atoms. The molecule has 1 aromatic carbocycles. The zero-order valence-corrected chi connectivity index (χ0v) is 12.7. The normalized spacial score (nSPS) is 26.8. The predicted molar refractivity (Wildman–Crippen MR) is 76.1 cm³/mol. The summed E-state index contributed by atoms with van der Waals surface area (Å²) in [5.41, 5.74) is 5.06. The summed E-state index contributed by atoms with van der Waals surface area (Å²) in [5, 5.41) is 0. The molecular weight excluding hydrogens is 298 g/mol. The molecule has 118 valence electrons. The number of halogens is 2. The minimum atomic E-state index is -3.92. The molecule has 3 N–H and O–H groups in total. The second-order valence-electron chi connectivity index (χ2n) is 5.85. The van der Waals surface area contributed by atoms with E-state index in [-0.39, 0.29) is 11.4 Å². The number of sulfonamides is 1. The van der Waals surface area contributed by atoms with E-state index in [1.54, 1.807) is 0 Å². The van der Waals surface area contributed by atoms with Gasteiger partial charge in [-0.3, -0.25) is 0 Å². The molecule has 1 aliphatic carbocycles. The molecule has 2 rings (SSSR count). The lowest BCUT2D eigenvalue weighted by atomic mass is 9.78. The number of hydrogen-bond donors (Lipinski definition) is 2. The highest BCUT2D eigenvalue weighted by Gasteiger charge is 2.37. The van der Waals surface area contributed by atoms with Crippen molar-refractivity contribution in [2.45, 2.75) is 43.0 Å². The number of rotatable bonds is 4. The Morgan fingerprint density at radius 1 is 1.29 bits per heavy atom. The van der Waals surface area contributed by atoms with Crippen molar-refractivity contribution in [3.8, 4) is 0 Å². The van der Waals surface area contributed by atoms with Gasteiger partial charge in [0.25, 0.3) is 0 Å². The molecular formula is C14H20F2N2O2S. The van der Waals surface area contributed by atoms with Gasteiger partial charge in [0.2, 0.25) is 10.0 Å². The highest BCUT2D eigenvalue weighted by molar-refractivity contribution is 7.89. The molecule has 1 saturated carbocycles. The number of benzene rings is 1. The van der Waals surface area contributed by atoms with E-state index in [9.17, 15) is 17.2 Å². The van der Waals surface area contributed by atoms with Crippen LogP contribution in [0.2, 0.25) is 0 Å². The SMILES string of the molecule is CC1CCC(CN)(NS(=O)(=O)c2ccc(F)c(F)c2)CC1. The zero-order valence-electron chi connectivity index (χ0n) is 11.9. The van der Waals surface area contributed by atoms with E-state index in [0.29, 0.717) is 24.8 Å². The van der Waals surface area contributed by atoms with E-state index in [0.717, 1.165) is 25.0 Å². The van der Waals surface area contributed by atoms with Gasteiger partial charge in [0.15, 0.2) is 11.6 Å². The molecule has 0 spiro atoms. The van der Waals surface area contributed by atoms with Crippen LogP contribution in [-0.2, 0) is 10.0 Å². The van der Waals surface area contributed by atoms with Crippen LogP contribution in [0.15, 0.2) is 23.1 Å². The van der Waals surface area contributed by atoms with Crippen LogP contribution in [0.4, 0.5) is 8.78 Å². The Morgan fingerprint density at radius 2 is 1.90 bits per heavy atom. The van der Waals surface area contributed by atoms with Gasteiger partial charge < -0.3 is 5.73 Å². The fraction of sp³-hybridized carbons (Fsp3) is 0.571. The summed E-state index contributed by atoms with van der Waals surface area (Å²) in [6, 6.07) is 2.55. The van der Waals surface area contributed by atoms with Crippen LogP contribution in [0.1, 0.15) is 32.6 Å². The second kappa shape index (κ2) is 5.98. The van der Waals surface area contributed by atoms with Gasteiger partial charge in [0, 0.05) is 12.1 Å². The Labute approximate surface area is 123 Å². The van der Waals surface area contributed by atoms with Gasteiger partial charge in [-0.15, -0.1) is 0 Å². The first-order valence-corrected chi connectivity index (χ1v) is 8.45. The maximum Gasteiger partial charge on any atom is 0.241 e. The maximum atomic E-state index is 13.2. The lowest BCUT2D eigenvalue weighted by molar-refractivity contribution is 0.231. The Hall–Kier alpha value is -1.05. The van der Waals surface area contributed by atoms with Gasteiger partial charge in [-0.1, -0.05) is 6.92 Å². The topological polar surface area (TPSA) is 72.2 Å². The Balaban J connectivity index is 2.25. The molecule has 0 radical (unpaired) electrons. The lowest BCUT2D eigenvalue weighted by Gasteiger charge is -2.38. The fourth-order valence-corrected chi connectivity index (χ4v) is 4.13. The summed E-state index contributed by atoms with van der Waals surface area (Å²) in [6.45, 7) is 2.30. The third-order valence-corrected chi connectivity index (χ3v) is 5.75. The molecule has 0 amide bonds. The lowest BCUT2D eigenvalue weighted by Crippen LogP contribution is -2.55. The van der Waals surface area contributed by atoms with Gasteiger partial charge >= 0.3 is 0 Å². The minimum Gasteiger partial charge on any atom is -0.329 e. The minimum absolute atomic E-state index is 0.183. The monoisotopic (exact) mass is 318 g/mol. The van der Waals surface area contributed by atoms with Crippen LogP contribution in [0.3, 0.4) is 0 Å². The molecule has 7 heteroatoms. The van der Waals surface area contributed by atoms with Gasteiger partial charge in [0.1, 0.15) is 0 Å². The summed E-state index contributed by atoms with van der Waals surface area (Å²) in [6.07, 6.45) is 3.07. The fourth-order valence-electron chi connectivity index (χ4n) is 2.65. The van der Waals surface area contributed by atoms with Crippen LogP contribution in [0.25, 0.3) is 0 Å². The highest BCUT2D eigenvalue weighted by atomic mass is 32.2. The number of nitrogens with one attached hydrogen (secondary N) is 1. The van der Waals surface area contributed by atoms with Crippen LogP contribution < -0.4 is 10.5 Å². The molecule has 0 aliphatic heterocycles. The van der Waals surface area contributed by atoms with Gasteiger partial charge in [0.05, 0.1) is 4.90 Å². The third-order valence-electron chi connectivity index (χ3n) is 4.17. The van der Waals surface area contributed by atoms with E-state index in [2.05, 4.69) is 11.6 Å². The molecule has 0 atom stereocenters. The summed E-state index contributed by atoms with van der Waals surface area (Å²) in [7, 11) is -3.92. The first-order chi connectivity index (χ1) is 9.78. The Morgan fingerprint density at radius 3 is 2.43 bits per heavy atom. The van der Waals surface area contributed by atoms with Crippen LogP contribution in [0, 0.1) is 17.6 Å². The molecule has 4 nitrogen and oxygen atoms in total. The van der Waals surface area contributed by atoms with Crippen molar-refractivity contribution in [3.63, 3.8) is 0 Å². The smallest absolute Gasteiger partial charge is 0.241 e. The summed E-state index contributed by atoms with van der Waals surface area (Å²) >= 11 is 0. The second-order valence-corrected chi connectivity index (χ2v) is 7.53. The molecule has 1 aromatic rings. The molecule has 1 fully saturated rings. The van der Waals surface area contributed by atoms with E-state index >= 15 is 0 Å². The van der Waals surface area contributed by atoms with Crippen LogP contribution in [0.5, 0.6) is 0 Å². The van der Waals surface area contributed by atoms with E-state index < -0.39 is 27.2 Å². The maximum absolute atomic E-state index is 13.2. The molecule has 1 aliphatic rings. The highest BCUT2D eigenvalue weighted by Crippen LogP contribution is 2.32. The van der Waals surface area contributed by atoms with Gasteiger partial charge in [-0.2, -0.15) is 0 Å². The van der Waals surface area contributed by atoms with Crippen molar-refractivity contribution in [2.75, 3.05) is 6.54 Å². The van der Waals surface area contributed by atoms with E-state index in [1.807, 2.05) is 0 Å².